The van der Waals surface area contributed by atoms with Gasteiger partial charge >= 0.3 is 6.03 Å². The zero-order chi connectivity index (χ0) is 27.1. The summed E-state index contributed by atoms with van der Waals surface area (Å²) in [6.07, 6.45) is 5.69. The van der Waals surface area contributed by atoms with E-state index >= 15 is 0 Å². The highest BCUT2D eigenvalue weighted by Gasteiger charge is 2.46. The Hall–Kier alpha value is -4.55. The average molecular weight is 532 g/mol. The zero-order valence-electron chi connectivity index (χ0n) is 22.0. The lowest BCUT2D eigenvalue weighted by Crippen LogP contribution is -2.53. The van der Waals surface area contributed by atoms with Crippen LogP contribution in [0.4, 0.5) is 26.8 Å². The average Bonchev–Trinajstić information content (AvgIpc) is 3.62. The van der Waals surface area contributed by atoms with Crippen LogP contribution in [0.15, 0.2) is 42.9 Å². The van der Waals surface area contributed by atoms with E-state index in [1.807, 2.05) is 43.9 Å². The molecule has 2 saturated heterocycles. The number of carbonyl (C=O) groups is 1. The third kappa shape index (κ3) is 4.99. The van der Waals surface area contributed by atoms with Crippen LogP contribution >= 0.6 is 0 Å². The van der Waals surface area contributed by atoms with Gasteiger partial charge in [-0.3, -0.25) is 5.10 Å². The van der Waals surface area contributed by atoms with Crippen molar-refractivity contribution in [2.75, 3.05) is 29.9 Å². The molecule has 3 N–H and O–H groups in total. The fourth-order valence-corrected chi connectivity index (χ4v) is 5.22. The molecule has 0 aromatic carbocycles. The molecule has 6 rings (SSSR count). The number of hydrogen-bond donors (Lipinski definition) is 3. The number of anilines is 3. The molecule has 2 aliphatic rings. The minimum atomic E-state index is -0.422. The lowest BCUT2D eigenvalue weighted by atomic mass is 9.88. The van der Waals surface area contributed by atoms with Crippen molar-refractivity contribution in [1.82, 2.24) is 45.1 Å². The first-order valence-corrected chi connectivity index (χ1v) is 12.9. The van der Waals surface area contributed by atoms with Crippen molar-refractivity contribution in [1.29, 1.82) is 0 Å². The third-order valence-electron chi connectivity index (χ3n) is 7.42. The van der Waals surface area contributed by atoms with Gasteiger partial charge in [-0.05, 0) is 45.2 Å². The predicted octanol–water partition coefficient (Wildman–Crippen LogP) is 3.41. The van der Waals surface area contributed by atoms with Crippen molar-refractivity contribution < 1.29 is 9.18 Å². The van der Waals surface area contributed by atoms with Crippen LogP contribution in [0.1, 0.15) is 42.8 Å². The lowest BCUT2D eigenvalue weighted by molar-refractivity contribution is 0.199. The maximum absolute atomic E-state index is 13.3. The fourth-order valence-electron chi connectivity index (χ4n) is 5.22. The Labute approximate surface area is 224 Å². The van der Waals surface area contributed by atoms with E-state index < -0.39 is 5.82 Å². The van der Waals surface area contributed by atoms with E-state index in [1.165, 1.54) is 10.9 Å². The summed E-state index contributed by atoms with van der Waals surface area (Å²) in [7, 11) is 0. The highest BCUT2D eigenvalue weighted by atomic mass is 19.1. The van der Waals surface area contributed by atoms with Crippen LogP contribution in [-0.4, -0.2) is 71.0 Å². The highest BCUT2D eigenvalue weighted by Crippen LogP contribution is 2.34. The van der Waals surface area contributed by atoms with Gasteiger partial charge in [0.25, 0.3) is 0 Å². The fraction of sp³-hybridized carbons (Fsp3) is 0.385. The van der Waals surface area contributed by atoms with Crippen LogP contribution in [0.3, 0.4) is 0 Å². The summed E-state index contributed by atoms with van der Waals surface area (Å²) in [5.74, 6) is 2.15. The van der Waals surface area contributed by atoms with Gasteiger partial charge in [0.2, 0.25) is 5.95 Å². The third-order valence-corrected chi connectivity index (χ3v) is 7.42. The molecule has 2 aliphatic heterocycles. The Kier molecular flexibility index (Phi) is 6.12. The molecule has 12 nitrogen and oxygen atoms in total. The molecule has 39 heavy (non-hydrogen) atoms. The van der Waals surface area contributed by atoms with Gasteiger partial charge in [-0.15, -0.1) is 0 Å². The van der Waals surface area contributed by atoms with Crippen molar-refractivity contribution in [3.8, 4) is 5.82 Å². The van der Waals surface area contributed by atoms with Gasteiger partial charge in [0.1, 0.15) is 5.82 Å². The Morgan fingerprint density at radius 2 is 1.92 bits per heavy atom. The summed E-state index contributed by atoms with van der Waals surface area (Å²) in [6.45, 7) is 7.94. The van der Waals surface area contributed by atoms with Crippen LogP contribution in [0.25, 0.3) is 5.82 Å². The number of pyridine rings is 1. The largest absolute Gasteiger partial charge is 0.341 e. The van der Waals surface area contributed by atoms with Crippen molar-refractivity contribution in [2.24, 2.45) is 0 Å². The summed E-state index contributed by atoms with van der Waals surface area (Å²) in [5, 5.41) is 17.6. The monoisotopic (exact) mass is 531 g/mol. The van der Waals surface area contributed by atoms with E-state index in [1.54, 1.807) is 12.3 Å². The number of rotatable bonds is 6. The molecule has 2 amide bonds. The number of urea groups is 1. The van der Waals surface area contributed by atoms with Gasteiger partial charge in [0.05, 0.1) is 24.0 Å². The molecule has 2 fully saturated rings. The minimum Gasteiger partial charge on any atom is -0.341 e. The molecule has 1 spiro atoms. The normalized spacial score (nSPS) is 17.5. The maximum atomic E-state index is 13.3. The van der Waals surface area contributed by atoms with Crippen LogP contribution in [0, 0.1) is 19.7 Å². The van der Waals surface area contributed by atoms with Gasteiger partial charge in [-0.25, -0.2) is 23.8 Å². The van der Waals surface area contributed by atoms with Gasteiger partial charge in [-0.1, -0.05) is 6.07 Å². The summed E-state index contributed by atoms with van der Waals surface area (Å²) in [4.78, 5) is 30.9. The molecule has 0 unspecified atom stereocenters. The Bertz CT molecular complexity index is 1490. The van der Waals surface area contributed by atoms with Gasteiger partial charge in [-0.2, -0.15) is 15.2 Å². The van der Waals surface area contributed by atoms with E-state index in [4.69, 9.17) is 4.98 Å². The molecule has 202 valence electrons. The number of H-pyrrole nitrogens is 1. The highest BCUT2D eigenvalue weighted by molar-refractivity contribution is 5.78. The number of nitrogens with zero attached hydrogens (tertiary/aromatic N) is 8. The van der Waals surface area contributed by atoms with Gasteiger partial charge < -0.3 is 20.4 Å². The second-order valence-electron chi connectivity index (χ2n) is 10.3. The van der Waals surface area contributed by atoms with Gasteiger partial charge in [0.15, 0.2) is 17.5 Å². The van der Waals surface area contributed by atoms with Crippen LogP contribution in [-0.2, 0) is 0 Å². The molecular weight excluding hydrogens is 501 g/mol. The van der Waals surface area contributed by atoms with Crippen LogP contribution < -0.4 is 15.5 Å². The van der Waals surface area contributed by atoms with E-state index in [0.29, 0.717) is 29.9 Å². The summed E-state index contributed by atoms with van der Waals surface area (Å²) in [5.41, 5.74) is 2.42. The summed E-state index contributed by atoms with van der Waals surface area (Å²) >= 11 is 0. The number of piperidine rings is 1. The summed E-state index contributed by atoms with van der Waals surface area (Å²) < 4.78 is 14.7. The number of aryl methyl sites for hydroxylation is 2. The van der Waals surface area contributed by atoms with Crippen molar-refractivity contribution in [3.63, 3.8) is 0 Å². The quantitative estimate of drug-likeness (QED) is 0.345. The van der Waals surface area contributed by atoms with Crippen molar-refractivity contribution in [2.45, 2.75) is 45.2 Å². The number of aromatic amines is 1. The number of carbonyl (C=O) groups excluding carboxylic acids is 1. The van der Waals surface area contributed by atoms with E-state index in [0.717, 1.165) is 49.1 Å². The molecule has 1 atom stereocenters. The molecule has 0 aliphatic carbocycles. The number of aromatic nitrogens is 7. The SMILES string of the molecule is Cc1cc(Nc2cc(C)[nH]n2)nc(N2CCC3(CC2)CN([C@@H](C)c2ccc(-n4cc(F)cn4)nc2)C(=O)N3)n1. The number of halogens is 1. The topological polar surface area (TPSA) is 133 Å². The molecule has 0 bridgehead atoms. The molecule has 4 aromatic rings. The summed E-state index contributed by atoms with van der Waals surface area (Å²) in [6, 6.07) is 7.24. The smallest absolute Gasteiger partial charge is 0.318 e. The Morgan fingerprint density at radius 3 is 2.59 bits per heavy atom. The first kappa shape index (κ1) is 24.8. The van der Waals surface area contributed by atoms with Crippen LogP contribution in [0.2, 0.25) is 0 Å². The van der Waals surface area contributed by atoms with Crippen molar-refractivity contribution >= 4 is 23.6 Å². The Balaban J connectivity index is 1.11. The molecule has 0 saturated carbocycles. The minimum absolute atomic E-state index is 0.0817. The zero-order valence-corrected chi connectivity index (χ0v) is 22.0. The predicted molar refractivity (Wildman–Crippen MR) is 143 cm³/mol. The van der Waals surface area contributed by atoms with E-state index in [-0.39, 0.29) is 17.6 Å². The van der Waals surface area contributed by atoms with Gasteiger partial charge in [0, 0.05) is 49.4 Å². The number of hydrogen-bond acceptors (Lipinski definition) is 8. The standard InChI is InChI=1S/C26H30FN11O/c1-16-10-21(31-22-11-17(2)34-35-22)32-24(30-16)36-8-6-26(7-9-36)15-37(25(39)33-26)18(3)19-4-5-23(28-12-19)38-14-20(27)13-29-38/h4-5,10-14,18H,6-9,15H2,1-3H3,(H,33,39)(H2,30,31,32,34,35)/t18-/m0/s1. The molecule has 4 aromatic heterocycles. The second kappa shape index (κ2) is 9.64. The lowest BCUT2D eigenvalue weighted by Gasteiger charge is -2.39. The Morgan fingerprint density at radius 1 is 1.10 bits per heavy atom. The van der Waals surface area contributed by atoms with Crippen LogP contribution in [0.5, 0.6) is 0 Å². The van der Waals surface area contributed by atoms with Crippen molar-refractivity contribution in [3.05, 3.63) is 65.6 Å². The molecule has 13 heteroatoms. The van der Waals surface area contributed by atoms with E-state index in [9.17, 15) is 9.18 Å². The number of amides is 2. The molecule has 6 heterocycles. The first-order chi connectivity index (χ1) is 18.8. The number of nitrogens with one attached hydrogen (secondary N) is 3. The van der Waals surface area contributed by atoms with E-state index in [2.05, 4.69) is 40.8 Å². The maximum Gasteiger partial charge on any atom is 0.318 e. The molecule has 0 radical (unpaired) electrons. The first-order valence-electron chi connectivity index (χ1n) is 12.9. The molecular formula is C26H30FN11O. The second-order valence-corrected chi connectivity index (χ2v) is 10.3.